The molecule has 0 aliphatic carbocycles. The van der Waals surface area contributed by atoms with Gasteiger partial charge < -0.3 is 9.53 Å². The molecule has 0 amide bonds. The Bertz CT molecular complexity index is 179. The van der Waals surface area contributed by atoms with E-state index in [1.807, 2.05) is 0 Å². The highest BCUT2D eigenvalue weighted by atomic mass is 16.5. The lowest BCUT2D eigenvalue weighted by molar-refractivity contribution is -0.149. The van der Waals surface area contributed by atoms with Gasteiger partial charge in [-0.25, -0.2) is 0 Å². The van der Waals surface area contributed by atoms with Gasteiger partial charge in [-0.15, -0.1) is 0 Å². The van der Waals surface area contributed by atoms with Gasteiger partial charge in [-0.2, -0.15) is 0 Å². The van der Waals surface area contributed by atoms with Crippen LogP contribution in [0.2, 0.25) is 0 Å². The fourth-order valence-electron chi connectivity index (χ4n) is 0.645. The lowest BCUT2D eigenvalue weighted by Gasteiger charge is -2.17. The summed E-state index contributed by atoms with van der Waals surface area (Å²) in [6.07, 6.45) is 1.41. The van der Waals surface area contributed by atoms with Gasteiger partial charge in [-0.3, -0.25) is 4.79 Å². The highest BCUT2D eigenvalue weighted by molar-refractivity contribution is 5.87. The summed E-state index contributed by atoms with van der Waals surface area (Å²) in [7, 11) is 0. The van der Waals surface area contributed by atoms with Gasteiger partial charge in [0.05, 0.1) is 6.61 Å². The van der Waals surface area contributed by atoms with Crippen LogP contribution in [0.15, 0.2) is 0 Å². The van der Waals surface area contributed by atoms with Gasteiger partial charge in [0.25, 0.3) is 0 Å². The van der Waals surface area contributed by atoms with Crippen LogP contribution >= 0.6 is 0 Å². The van der Waals surface area contributed by atoms with E-state index in [2.05, 4.69) is 20.8 Å². The first-order valence-electron chi connectivity index (χ1n) is 4.49. The van der Waals surface area contributed by atoms with Crippen molar-refractivity contribution in [2.75, 3.05) is 6.61 Å². The molecule has 0 aromatic carbocycles. The average Bonchev–Trinajstić information content (AvgIpc) is 2.00. The Morgan fingerprint density at radius 3 is 2.38 bits per heavy atom. The van der Waals surface area contributed by atoms with E-state index in [0.29, 0.717) is 12.9 Å². The molecule has 0 spiro atoms. The van der Waals surface area contributed by atoms with Crippen molar-refractivity contribution in [3.63, 3.8) is 0 Å². The Morgan fingerprint density at radius 2 is 2.00 bits per heavy atom. The molecule has 3 nitrogen and oxygen atoms in total. The summed E-state index contributed by atoms with van der Waals surface area (Å²) >= 11 is 0. The molecule has 0 aromatic heterocycles. The lowest BCUT2D eigenvalue weighted by Crippen LogP contribution is -2.18. The molecule has 3 heteroatoms. The van der Waals surface area contributed by atoms with E-state index in [9.17, 15) is 9.59 Å². The lowest BCUT2D eigenvalue weighted by atomic mass is 9.93. The van der Waals surface area contributed by atoms with Crippen molar-refractivity contribution in [2.45, 2.75) is 34.1 Å². The van der Waals surface area contributed by atoms with Crippen LogP contribution in [0.3, 0.4) is 0 Å². The molecule has 0 aliphatic rings. The third kappa shape index (κ3) is 6.31. The predicted octanol–water partition coefficient (Wildman–Crippen LogP) is 1.80. The van der Waals surface area contributed by atoms with E-state index >= 15 is 0 Å². The molecule has 1 atom stereocenters. The number of hydrogen-bond acceptors (Lipinski definition) is 3. The maximum Gasteiger partial charge on any atom is 0.315 e. The minimum Gasteiger partial charge on any atom is -0.465 e. The van der Waals surface area contributed by atoms with E-state index in [1.54, 1.807) is 0 Å². The maximum absolute atomic E-state index is 11.0. The molecule has 0 radical (unpaired) electrons. The van der Waals surface area contributed by atoms with Gasteiger partial charge in [0, 0.05) is 0 Å². The quantitative estimate of drug-likeness (QED) is 0.382. The molecule has 0 bridgehead atoms. The zero-order valence-electron chi connectivity index (χ0n) is 8.79. The zero-order chi connectivity index (χ0) is 10.5. The number of esters is 1. The van der Waals surface area contributed by atoms with Crippen molar-refractivity contribution in [3.05, 3.63) is 0 Å². The van der Waals surface area contributed by atoms with E-state index in [0.717, 1.165) is 6.42 Å². The van der Waals surface area contributed by atoms with Crippen LogP contribution in [0.1, 0.15) is 34.1 Å². The molecular formula is C10H18O3. The zero-order valence-corrected chi connectivity index (χ0v) is 8.79. The predicted molar refractivity (Wildman–Crippen MR) is 50.3 cm³/mol. The summed E-state index contributed by atoms with van der Waals surface area (Å²) in [5, 5.41) is 0. The molecular weight excluding hydrogens is 168 g/mol. The fourth-order valence-corrected chi connectivity index (χ4v) is 0.645. The van der Waals surface area contributed by atoms with Gasteiger partial charge in [-0.05, 0) is 18.8 Å². The van der Waals surface area contributed by atoms with Gasteiger partial charge in [0.2, 0.25) is 0 Å². The minimum atomic E-state index is -0.639. The highest BCUT2D eigenvalue weighted by Crippen LogP contribution is 2.18. The molecule has 0 aromatic rings. The maximum atomic E-state index is 11.0. The Kier molecular flexibility index (Phi) is 4.67. The van der Waals surface area contributed by atoms with E-state index in [-0.39, 0.29) is 5.41 Å². The van der Waals surface area contributed by atoms with Crippen LogP contribution in [-0.2, 0) is 14.3 Å². The molecule has 13 heavy (non-hydrogen) atoms. The van der Waals surface area contributed by atoms with Gasteiger partial charge >= 0.3 is 5.97 Å². The van der Waals surface area contributed by atoms with Crippen LogP contribution in [0.5, 0.6) is 0 Å². The second kappa shape index (κ2) is 5.00. The molecule has 0 rings (SSSR count). The first-order chi connectivity index (χ1) is 5.87. The second-order valence-corrected chi connectivity index (χ2v) is 4.40. The second-order valence-electron chi connectivity index (χ2n) is 4.40. The van der Waals surface area contributed by atoms with Crippen LogP contribution in [0.25, 0.3) is 0 Å². The van der Waals surface area contributed by atoms with Gasteiger partial charge in [-0.1, -0.05) is 20.8 Å². The number of rotatable bonds is 4. The van der Waals surface area contributed by atoms with Crippen molar-refractivity contribution in [2.24, 2.45) is 11.3 Å². The van der Waals surface area contributed by atoms with E-state index in [1.165, 1.54) is 6.92 Å². The SMILES string of the molecule is CC(C=O)C(=O)OCCC(C)(C)C. The smallest absolute Gasteiger partial charge is 0.315 e. The van der Waals surface area contributed by atoms with Crippen molar-refractivity contribution >= 4 is 12.3 Å². The number of ether oxygens (including phenoxy) is 1. The van der Waals surface area contributed by atoms with Crippen LogP contribution in [0, 0.1) is 11.3 Å². The Hall–Kier alpha value is -0.860. The molecule has 1 unspecified atom stereocenters. The number of aldehydes is 1. The Balaban J connectivity index is 3.66. The number of carbonyl (C=O) groups is 2. The normalized spacial score (nSPS) is 13.5. The van der Waals surface area contributed by atoms with Crippen LogP contribution in [0.4, 0.5) is 0 Å². The van der Waals surface area contributed by atoms with Crippen LogP contribution < -0.4 is 0 Å². The summed E-state index contributed by atoms with van der Waals surface area (Å²) in [6.45, 7) is 8.14. The molecule has 0 N–H and O–H groups in total. The third-order valence-corrected chi connectivity index (χ3v) is 1.67. The first kappa shape index (κ1) is 12.1. The summed E-state index contributed by atoms with van der Waals surface area (Å²) in [6, 6.07) is 0. The standard InChI is InChI=1S/C10H18O3/c1-8(7-11)9(12)13-6-5-10(2,3)4/h7-8H,5-6H2,1-4H3. The number of carbonyl (C=O) groups excluding carboxylic acids is 2. The Labute approximate surface area is 79.5 Å². The van der Waals surface area contributed by atoms with Crippen molar-refractivity contribution in [1.29, 1.82) is 0 Å². The van der Waals surface area contributed by atoms with Gasteiger partial charge in [0.15, 0.2) is 0 Å². The van der Waals surface area contributed by atoms with Crippen LogP contribution in [-0.4, -0.2) is 18.9 Å². The fraction of sp³-hybridized carbons (Fsp3) is 0.800. The van der Waals surface area contributed by atoms with E-state index in [4.69, 9.17) is 4.74 Å². The molecule has 0 aliphatic heterocycles. The minimum absolute atomic E-state index is 0.157. The molecule has 76 valence electrons. The highest BCUT2D eigenvalue weighted by Gasteiger charge is 2.15. The molecule has 0 saturated heterocycles. The monoisotopic (exact) mass is 186 g/mol. The van der Waals surface area contributed by atoms with Gasteiger partial charge in [0.1, 0.15) is 12.2 Å². The summed E-state index contributed by atoms with van der Waals surface area (Å²) in [5.74, 6) is -1.07. The largest absolute Gasteiger partial charge is 0.465 e. The van der Waals surface area contributed by atoms with Crippen molar-refractivity contribution < 1.29 is 14.3 Å². The molecule has 0 heterocycles. The summed E-state index contributed by atoms with van der Waals surface area (Å²) in [5.41, 5.74) is 0.157. The topological polar surface area (TPSA) is 43.4 Å². The first-order valence-corrected chi connectivity index (χ1v) is 4.49. The summed E-state index contributed by atoms with van der Waals surface area (Å²) in [4.78, 5) is 21.2. The Morgan fingerprint density at radius 1 is 1.46 bits per heavy atom. The summed E-state index contributed by atoms with van der Waals surface area (Å²) < 4.78 is 4.90. The average molecular weight is 186 g/mol. The van der Waals surface area contributed by atoms with Crippen molar-refractivity contribution in [1.82, 2.24) is 0 Å². The van der Waals surface area contributed by atoms with E-state index < -0.39 is 11.9 Å². The number of hydrogen-bond donors (Lipinski definition) is 0. The molecule has 0 saturated carbocycles. The van der Waals surface area contributed by atoms with Crippen molar-refractivity contribution in [3.8, 4) is 0 Å². The third-order valence-electron chi connectivity index (χ3n) is 1.67. The molecule has 0 fully saturated rings.